The van der Waals surface area contributed by atoms with Crippen molar-refractivity contribution in [3.63, 3.8) is 0 Å². The molecule has 0 unspecified atom stereocenters. The Morgan fingerprint density at radius 2 is 1.93 bits per heavy atom. The molecule has 0 saturated heterocycles. The molecule has 1 heterocycles. The highest BCUT2D eigenvalue weighted by Crippen LogP contribution is 2.33. The van der Waals surface area contributed by atoms with Crippen LogP contribution in [0.5, 0.6) is 5.88 Å². The molecule has 8 nitrogen and oxygen atoms in total. The van der Waals surface area contributed by atoms with E-state index in [0.717, 1.165) is 24.0 Å². The van der Waals surface area contributed by atoms with Gasteiger partial charge in [-0.15, -0.1) is 4.91 Å². The average Bonchev–Trinajstić information content (AvgIpc) is 2.66. The van der Waals surface area contributed by atoms with E-state index in [9.17, 15) is 9.70 Å². The number of hydrogen-bond acceptors (Lipinski definition) is 7. The quantitative estimate of drug-likeness (QED) is 0.362. The molecule has 8 heteroatoms. The van der Waals surface area contributed by atoms with Crippen molar-refractivity contribution < 1.29 is 9.53 Å². The molecule has 0 radical (unpaired) electrons. The van der Waals surface area contributed by atoms with Gasteiger partial charge in [-0.25, -0.2) is 0 Å². The standard InChI is InChI=1S/C21H25N5O3/c1-14(2)8-7-9-15(3)12-17(27)23-19-18(26-28)20(25-21(22)24-19)29-13-16-10-5-4-6-11-16/h4-6,8,10-12H,7,9,13H2,1-3H3,(H3,22,23,24,25,27)/b15-12+. The van der Waals surface area contributed by atoms with Gasteiger partial charge in [-0.3, -0.25) is 4.79 Å². The van der Waals surface area contributed by atoms with Gasteiger partial charge in [0, 0.05) is 6.08 Å². The molecule has 29 heavy (non-hydrogen) atoms. The second kappa shape index (κ2) is 10.7. The van der Waals surface area contributed by atoms with E-state index in [4.69, 9.17) is 10.5 Å². The molecule has 3 N–H and O–H groups in total. The van der Waals surface area contributed by atoms with Crippen molar-refractivity contribution in [3.05, 3.63) is 64.1 Å². The second-order valence-corrected chi connectivity index (χ2v) is 6.75. The van der Waals surface area contributed by atoms with Crippen LogP contribution in [0.2, 0.25) is 0 Å². The highest BCUT2D eigenvalue weighted by molar-refractivity contribution is 6.01. The molecule has 0 aliphatic rings. The van der Waals surface area contributed by atoms with Gasteiger partial charge >= 0.3 is 0 Å². The van der Waals surface area contributed by atoms with Crippen molar-refractivity contribution in [2.75, 3.05) is 11.1 Å². The third-order valence-corrected chi connectivity index (χ3v) is 3.89. The summed E-state index contributed by atoms with van der Waals surface area (Å²) >= 11 is 0. The number of hydrogen-bond donors (Lipinski definition) is 2. The molecule has 0 aliphatic heterocycles. The Kier molecular flexibility index (Phi) is 8.02. The minimum Gasteiger partial charge on any atom is -0.471 e. The fraction of sp³-hybridized carbons (Fsp3) is 0.286. The topological polar surface area (TPSA) is 120 Å². The van der Waals surface area contributed by atoms with E-state index >= 15 is 0 Å². The van der Waals surface area contributed by atoms with Crippen LogP contribution in [0.1, 0.15) is 39.2 Å². The van der Waals surface area contributed by atoms with E-state index in [1.165, 1.54) is 11.6 Å². The Hall–Kier alpha value is -3.55. The first-order valence-corrected chi connectivity index (χ1v) is 9.18. The predicted octanol–water partition coefficient (Wildman–Crippen LogP) is 4.67. The summed E-state index contributed by atoms with van der Waals surface area (Å²) in [6.07, 6.45) is 5.15. The van der Waals surface area contributed by atoms with Crippen molar-refractivity contribution in [2.24, 2.45) is 5.18 Å². The predicted molar refractivity (Wildman–Crippen MR) is 114 cm³/mol. The Morgan fingerprint density at radius 1 is 1.21 bits per heavy atom. The maximum absolute atomic E-state index is 12.3. The molecule has 1 amide bonds. The number of anilines is 2. The normalized spacial score (nSPS) is 10.9. The molecule has 1 aromatic heterocycles. The Morgan fingerprint density at radius 3 is 2.59 bits per heavy atom. The third-order valence-electron chi connectivity index (χ3n) is 3.89. The smallest absolute Gasteiger partial charge is 0.251 e. The van der Waals surface area contributed by atoms with Crippen molar-refractivity contribution >= 4 is 23.4 Å². The Balaban J connectivity index is 2.13. The number of rotatable bonds is 9. The van der Waals surface area contributed by atoms with Gasteiger partial charge in [-0.05, 0) is 44.4 Å². The summed E-state index contributed by atoms with van der Waals surface area (Å²) in [4.78, 5) is 31.5. The lowest BCUT2D eigenvalue weighted by molar-refractivity contribution is -0.112. The van der Waals surface area contributed by atoms with Crippen LogP contribution in [-0.4, -0.2) is 15.9 Å². The number of aromatic nitrogens is 2. The van der Waals surface area contributed by atoms with E-state index < -0.39 is 5.91 Å². The maximum atomic E-state index is 12.3. The van der Waals surface area contributed by atoms with Crippen LogP contribution in [0.3, 0.4) is 0 Å². The van der Waals surface area contributed by atoms with Crippen LogP contribution in [0.4, 0.5) is 17.5 Å². The number of nitrogens with zero attached hydrogens (tertiary/aromatic N) is 3. The summed E-state index contributed by atoms with van der Waals surface area (Å²) in [7, 11) is 0. The molecular weight excluding hydrogens is 370 g/mol. The number of carbonyl (C=O) groups is 1. The van der Waals surface area contributed by atoms with E-state index in [-0.39, 0.29) is 29.9 Å². The van der Waals surface area contributed by atoms with Gasteiger partial charge in [-0.2, -0.15) is 9.97 Å². The van der Waals surface area contributed by atoms with Crippen LogP contribution in [0, 0.1) is 4.91 Å². The van der Waals surface area contributed by atoms with Crippen LogP contribution in [0.15, 0.2) is 58.8 Å². The van der Waals surface area contributed by atoms with Crippen molar-refractivity contribution in [2.45, 2.75) is 40.2 Å². The number of benzene rings is 1. The molecule has 0 fully saturated rings. The zero-order chi connectivity index (χ0) is 21.2. The number of nitrogens with two attached hydrogens (primary N) is 1. The van der Waals surface area contributed by atoms with Gasteiger partial charge in [0.25, 0.3) is 5.88 Å². The number of nitrogens with one attached hydrogen (secondary N) is 1. The minimum atomic E-state index is -0.434. The van der Waals surface area contributed by atoms with E-state index in [1.807, 2.05) is 51.1 Å². The van der Waals surface area contributed by atoms with E-state index in [0.29, 0.717) is 0 Å². The van der Waals surface area contributed by atoms with Gasteiger partial charge in [0.2, 0.25) is 17.5 Å². The number of nitroso groups, excluding NO2 is 1. The monoisotopic (exact) mass is 395 g/mol. The molecule has 0 bridgehead atoms. The highest BCUT2D eigenvalue weighted by atomic mass is 16.5. The highest BCUT2D eigenvalue weighted by Gasteiger charge is 2.18. The first kappa shape index (κ1) is 21.7. The van der Waals surface area contributed by atoms with Gasteiger partial charge < -0.3 is 15.8 Å². The van der Waals surface area contributed by atoms with Crippen molar-refractivity contribution in [3.8, 4) is 5.88 Å². The van der Waals surface area contributed by atoms with Gasteiger partial charge in [-0.1, -0.05) is 47.6 Å². The van der Waals surface area contributed by atoms with Crippen LogP contribution < -0.4 is 15.8 Å². The number of allylic oxidation sites excluding steroid dienone is 3. The lowest BCUT2D eigenvalue weighted by atomic mass is 10.1. The van der Waals surface area contributed by atoms with Crippen molar-refractivity contribution in [1.29, 1.82) is 0 Å². The molecular formula is C21H25N5O3. The molecule has 0 aliphatic carbocycles. The number of ether oxygens (including phenoxy) is 1. The summed E-state index contributed by atoms with van der Waals surface area (Å²) in [6.45, 7) is 6.07. The first-order valence-electron chi connectivity index (χ1n) is 9.18. The fourth-order valence-corrected chi connectivity index (χ4v) is 2.48. The van der Waals surface area contributed by atoms with Gasteiger partial charge in [0.15, 0.2) is 5.82 Å². The number of amides is 1. The largest absolute Gasteiger partial charge is 0.471 e. The zero-order valence-electron chi connectivity index (χ0n) is 16.8. The fourth-order valence-electron chi connectivity index (χ4n) is 2.48. The minimum absolute atomic E-state index is 0.0871. The summed E-state index contributed by atoms with van der Waals surface area (Å²) in [5, 5.41) is 5.46. The summed E-state index contributed by atoms with van der Waals surface area (Å²) < 4.78 is 5.58. The second-order valence-electron chi connectivity index (χ2n) is 6.75. The summed E-state index contributed by atoms with van der Waals surface area (Å²) in [5.74, 6) is -0.749. The molecule has 0 atom stereocenters. The average molecular weight is 395 g/mol. The zero-order valence-corrected chi connectivity index (χ0v) is 16.8. The first-order chi connectivity index (χ1) is 13.9. The SMILES string of the molecule is CC(C)=CCC/C(C)=C/C(=O)Nc1nc(N)nc(OCc2ccccc2)c1N=O. The summed E-state index contributed by atoms with van der Waals surface area (Å²) in [6, 6.07) is 9.34. The number of carbonyl (C=O) groups excluding carboxylic acids is 1. The molecule has 2 rings (SSSR count). The maximum Gasteiger partial charge on any atom is 0.251 e. The van der Waals surface area contributed by atoms with Crippen LogP contribution >= 0.6 is 0 Å². The van der Waals surface area contributed by atoms with Crippen LogP contribution in [0.25, 0.3) is 0 Å². The molecule has 2 aromatic rings. The molecule has 1 aromatic carbocycles. The molecule has 0 saturated carbocycles. The van der Waals surface area contributed by atoms with Crippen LogP contribution in [-0.2, 0) is 11.4 Å². The molecule has 0 spiro atoms. The lowest BCUT2D eigenvalue weighted by Crippen LogP contribution is -2.12. The summed E-state index contributed by atoms with van der Waals surface area (Å²) in [5.41, 5.74) is 8.49. The molecule has 152 valence electrons. The third kappa shape index (κ3) is 7.17. The number of nitrogen functional groups attached to an aromatic ring is 1. The van der Waals surface area contributed by atoms with Gasteiger partial charge in [0.1, 0.15) is 6.61 Å². The van der Waals surface area contributed by atoms with E-state index in [1.54, 1.807) is 0 Å². The Labute approximate surface area is 169 Å². The van der Waals surface area contributed by atoms with E-state index in [2.05, 4.69) is 26.5 Å². The van der Waals surface area contributed by atoms with Gasteiger partial charge in [0.05, 0.1) is 0 Å². The van der Waals surface area contributed by atoms with Crippen molar-refractivity contribution in [1.82, 2.24) is 9.97 Å². The Bertz CT molecular complexity index is 919. The lowest BCUT2D eigenvalue weighted by Gasteiger charge is -2.11.